The molecule has 150 valence electrons. The van der Waals surface area contributed by atoms with E-state index in [-0.39, 0.29) is 11.8 Å². The standard InChI is InChI=1S/C19H20ClN7O2/c1-29-16-3-2-14(20)10-15(16)23-19(28)13-6-8-26(9-7-13)17-4-5-18(25-24-17)27-12-21-11-22-27/h2-5,10-13H,6-9H2,1H3,(H,23,28). The van der Waals surface area contributed by atoms with Crippen LogP contribution in [0.1, 0.15) is 12.8 Å². The Morgan fingerprint density at radius 1 is 1.17 bits per heavy atom. The number of rotatable bonds is 5. The molecule has 1 amide bonds. The zero-order chi connectivity index (χ0) is 20.2. The van der Waals surface area contributed by atoms with Crippen LogP contribution in [0.3, 0.4) is 0 Å². The molecule has 4 rings (SSSR count). The molecule has 0 atom stereocenters. The fourth-order valence-corrected chi connectivity index (χ4v) is 3.49. The van der Waals surface area contributed by atoms with Crippen LogP contribution in [-0.4, -0.2) is 51.1 Å². The van der Waals surface area contributed by atoms with Crippen LogP contribution >= 0.6 is 11.6 Å². The molecule has 9 nitrogen and oxygen atoms in total. The van der Waals surface area contributed by atoms with Crippen molar-refractivity contribution >= 4 is 29.0 Å². The van der Waals surface area contributed by atoms with Crippen molar-refractivity contribution in [3.63, 3.8) is 0 Å². The van der Waals surface area contributed by atoms with Gasteiger partial charge in [-0.05, 0) is 43.2 Å². The molecule has 0 spiro atoms. The largest absolute Gasteiger partial charge is 0.495 e. The van der Waals surface area contributed by atoms with Crippen LogP contribution in [0.5, 0.6) is 5.75 Å². The maximum absolute atomic E-state index is 12.7. The monoisotopic (exact) mass is 413 g/mol. The van der Waals surface area contributed by atoms with E-state index in [0.717, 1.165) is 31.7 Å². The number of piperidine rings is 1. The van der Waals surface area contributed by atoms with Crippen molar-refractivity contribution in [2.75, 3.05) is 30.4 Å². The van der Waals surface area contributed by atoms with E-state index < -0.39 is 0 Å². The second kappa shape index (κ2) is 8.44. The summed E-state index contributed by atoms with van der Waals surface area (Å²) in [6.45, 7) is 1.45. The van der Waals surface area contributed by atoms with Crippen LogP contribution in [0.15, 0.2) is 43.0 Å². The van der Waals surface area contributed by atoms with Crippen LogP contribution in [0.25, 0.3) is 5.82 Å². The van der Waals surface area contributed by atoms with Gasteiger partial charge in [-0.3, -0.25) is 4.79 Å². The molecular weight excluding hydrogens is 394 g/mol. The van der Waals surface area contributed by atoms with E-state index in [2.05, 4.69) is 30.5 Å². The molecule has 1 saturated heterocycles. The maximum atomic E-state index is 12.7. The van der Waals surface area contributed by atoms with Crippen LogP contribution in [0, 0.1) is 5.92 Å². The van der Waals surface area contributed by atoms with Gasteiger partial charge in [0.1, 0.15) is 18.4 Å². The second-order valence-corrected chi connectivity index (χ2v) is 7.12. The highest BCUT2D eigenvalue weighted by Gasteiger charge is 2.26. The number of amides is 1. The molecule has 10 heteroatoms. The molecule has 1 N–H and O–H groups in total. The summed E-state index contributed by atoms with van der Waals surface area (Å²) in [5.74, 6) is 1.86. The summed E-state index contributed by atoms with van der Waals surface area (Å²) in [6, 6.07) is 8.91. The summed E-state index contributed by atoms with van der Waals surface area (Å²) >= 11 is 6.04. The predicted molar refractivity (Wildman–Crippen MR) is 109 cm³/mol. The highest BCUT2D eigenvalue weighted by Crippen LogP contribution is 2.29. The van der Waals surface area contributed by atoms with Gasteiger partial charge in [0.2, 0.25) is 5.91 Å². The zero-order valence-corrected chi connectivity index (χ0v) is 16.6. The van der Waals surface area contributed by atoms with Crippen molar-refractivity contribution in [1.82, 2.24) is 25.0 Å². The third-order valence-corrected chi connectivity index (χ3v) is 5.13. The fraction of sp³-hybridized carbons (Fsp3) is 0.316. The Kier molecular flexibility index (Phi) is 5.57. The summed E-state index contributed by atoms with van der Waals surface area (Å²) in [7, 11) is 1.56. The predicted octanol–water partition coefficient (Wildman–Crippen LogP) is 2.57. The number of nitrogens with one attached hydrogen (secondary N) is 1. The van der Waals surface area contributed by atoms with Crippen molar-refractivity contribution in [1.29, 1.82) is 0 Å². The molecule has 29 heavy (non-hydrogen) atoms. The number of carbonyl (C=O) groups excluding carboxylic acids is 1. The van der Waals surface area contributed by atoms with E-state index in [4.69, 9.17) is 16.3 Å². The summed E-state index contributed by atoms with van der Waals surface area (Å²) in [4.78, 5) is 18.7. The molecule has 0 radical (unpaired) electrons. The van der Waals surface area contributed by atoms with E-state index >= 15 is 0 Å². The van der Waals surface area contributed by atoms with Crippen LogP contribution in [-0.2, 0) is 4.79 Å². The lowest BCUT2D eigenvalue weighted by Crippen LogP contribution is -2.38. The molecule has 0 saturated carbocycles. The minimum Gasteiger partial charge on any atom is -0.495 e. The average Bonchev–Trinajstić information content (AvgIpc) is 3.29. The topological polar surface area (TPSA) is 98.1 Å². The molecule has 2 aromatic heterocycles. The number of benzene rings is 1. The second-order valence-electron chi connectivity index (χ2n) is 6.68. The first-order valence-corrected chi connectivity index (χ1v) is 9.60. The third-order valence-electron chi connectivity index (χ3n) is 4.90. The third kappa shape index (κ3) is 4.29. The highest BCUT2D eigenvalue weighted by atomic mass is 35.5. The number of nitrogens with zero attached hydrogens (tertiary/aromatic N) is 6. The summed E-state index contributed by atoms with van der Waals surface area (Å²) in [6.07, 6.45) is 4.47. The fourth-order valence-electron chi connectivity index (χ4n) is 3.32. The first-order chi connectivity index (χ1) is 14.1. The van der Waals surface area contributed by atoms with E-state index in [1.54, 1.807) is 36.3 Å². The summed E-state index contributed by atoms with van der Waals surface area (Å²) in [5, 5.41) is 16.0. The van der Waals surface area contributed by atoms with Crippen molar-refractivity contribution in [3.05, 3.63) is 48.0 Å². The van der Waals surface area contributed by atoms with E-state index in [0.29, 0.717) is 22.3 Å². The van der Waals surface area contributed by atoms with Crippen LogP contribution in [0.4, 0.5) is 11.5 Å². The molecule has 0 bridgehead atoms. The van der Waals surface area contributed by atoms with Gasteiger partial charge >= 0.3 is 0 Å². The Hall–Kier alpha value is -3.20. The van der Waals surface area contributed by atoms with Crippen molar-refractivity contribution < 1.29 is 9.53 Å². The number of halogens is 1. The number of hydrogen-bond donors (Lipinski definition) is 1. The van der Waals surface area contributed by atoms with Gasteiger partial charge in [0.15, 0.2) is 11.6 Å². The van der Waals surface area contributed by atoms with Gasteiger partial charge < -0.3 is 15.0 Å². The molecule has 1 aromatic carbocycles. The molecule has 1 aliphatic rings. The van der Waals surface area contributed by atoms with Crippen LogP contribution in [0.2, 0.25) is 5.02 Å². The number of aromatic nitrogens is 5. The van der Waals surface area contributed by atoms with E-state index in [1.165, 1.54) is 6.33 Å². The smallest absolute Gasteiger partial charge is 0.227 e. The van der Waals surface area contributed by atoms with Gasteiger partial charge in [-0.1, -0.05) is 11.6 Å². The molecule has 0 unspecified atom stereocenters. The Bertz CT molecular complexity index is 971. The quantitative estimate of drug-likeness (QED) is 0.686. The first-order valence-electron chi connectivity index (χ1n) is 9.22. The molecule has 3 aromatic rings. The molecule has 0 aliphatic carbocycles. The molecule has 1 fully saturated rings. The molecular formula is C19H20ClN7O2. The van der Waals surface area contributed by atoms with Crippen LogP contribution < -0.4 is 15.0 Å². The number of anilines is 2. The van der Waals surface area contributed by atoms with Crippen molar-refractivity contribution in [2.24, 2.45) is 5.92 Å². The van der Waals surface area contributed by atoms with E-state index in [1.807, 2.05) is 12.1 Å². The average molecular weight is 414 g/mol. The van der Waals surface area contributed by atoms with Gasteiger partial charge in [-0.2, -0.15) is 5.10 Å². The number of carbonyl (C=O) groups is 1. The van der Waals surface area contributed by atoms with Gasteiger partial charge in [0, 0.05) is 24.0 Å². The lowest BCUT2D eigenvalue weighted by Gasteiger charge is -2.31. The van der Waals surface area contributed by atoms with Gasteiger partial charge in [0.25, 0.3) is 0 Å². The Balaban J connectivity index is 1.35. The molecule has 3 heterocycles. The Morgan fingerprint density at radius 3 is 2.59 bits per heavy atom. The normalized spacial score (nSPS) is 14.6. The highest BCUT2D eigenvalue weighted by molar-refractivity contribution is 6.31. The minimum atomic E-state index is -0.0858. The van der Waals surface area contributed by atoms with Gasteiger partial charge in [-0.15, -0.1) is 10.2 Å². The van der Waals surface area contributed by atoms with E-state index in [9.17, 15) is 4.79 Å². The van der Waals surface area contributed by atoms with Crippen molar-refractivity contribution in [3.8, 4) is 11.6 Å². The lowest BCUT2D eigenvalue weighted by molar-refractivity contribution is -0.120. The zero-order valence-electron chi connectivity index (χ0n) is 15.8. The molecule has 1 aliphatic heterocycles. The van der Waals surface area contributed by atoms with Gasteiger partial charge in [0.05, 0.1) is 12.8 Å². The summed E-state index contributed by atoms with van der Waals surface area (Å²) in [5.41, 5.74) is 0.585. The first kappa shape index (κ1) is 19.1. The summed E-state index contributed by atoms with van der Waals surface area (Å²) < 4.78 is 6.85. The number of ether oxygens (including phenoxy) is 1. The number of methoxy groups -OCH3 is 1. The Morgan fingerprint density at radius 2 is 1.93 bits per heavy atom. The maximum Gasteiger partial charge on any atom is 0.227 e. The van der Waals surface area contributed by atoms with Gasteiger partial charge in [-0.25, -0.2) is 9.67 Å². The minimum absolute atomic E-state index is 0.0298. The lowest BCUT2D eigenvalue weighted by atomic mass is 9.95. The Labute approximate surface area is 172 Å². The number of hydrogen-bond acceptors (Lipinski definition) is 7. The SMILES string of the molecule is COc1ccc(Cl)cc1NC(=O)C1CCN(c2ccc(-n3cncn3)nn2)CC1. The van der Waals surface area contributed by atoms with Crippen molar-refractivity contribution in [2.45, 2.75) is 12.8 Å².